The second kappa shape index (κ2) is 6.23. The lowest BCUT2D eigenvalue weighted by Crippen LogP contribution is -2.34. The van der Waals surface area contributed by atoms with Crippen LogP contribution < -0.4 is 0 Å². The average molecular weight is 195 g/mol. The minimum absolute atomic E-state index is 0.580. The Morgan fingerprint density at radius 1 is 1.36 bits per heavy atom. The Hall–Kier alpha value is -0.300. The van der Waals surface area contributed by atoms with Crippen molar-refractivity contribution in [3.63, 3.8) is 0 Å². The molecule has 82 valence electrons. The lowest BCUT2D eigenvalue weighted by molar-refractivity contribution is 0.202. The molecule has 1 atom stereocenters. The SMILES string of the molecule is C=CC(CC)N(C)CC1CCCCC1. The minimum atomic E-state index is 0.580. The molecule has 14 heavy (non-hydrogen) atoms. The summed E-state index contributed by atoms with van der Waals surface area (Å²) in [4.78, 5) is 2.48. The summed E-state index contributed by atoms with van der Waals surface area (Å²) in [5.74, 6) is 0.947. The van der Waals surface area contributed by atoms with Crippen LogP contribution >= 0.6 is 0 Å². The van der Waals surface area contributed by atoms with Crippen LogP contribution in [0.4, 0.5) is 0 Å². The summed E-state index contributed by atoms with van der Waals surface area (Å²) in [5.41, 5.74) is 0. The highest BCUT2D eigenvalue weighted by molar-refractivity contribution is 4.86. The maximum absolute atomic E-state index is 3.90. The minimum Gasteiger partial charge on any atom is -0.300 e. The number of likely N-dealkylation sites (N-methyl/N-ethyl adjacent to an activating group) is 1. The van der Waals surface area contributed by atoms with Crippen LogP contribution in [0.2, 0.25) is 0 Å². The highest BCUT2D eigenvalue weighted by Crippen LogP contribution is 2.24. The lowest BCUT2D eigenvalue weighted by atomic mass is 9.88. The van der Waals surface area contributed by atoms with E-state index in [9.17, 15) is 0 Å². The van der Waals surface area contributed by atoms with Crippen LogP contribution in [0.5, 0.6) is 0 Å². The molecular formula is C13H25N. The highest BCUT2D eigenvalue weighted by Gasteiger charge is 2.17. The number of hydrogen-bond acceptors (Lipinski definition) is 1. The van der Waals surface area contributed by atoms with E-state index in [1.807, 2.05) is 0 Å². The van der Waals surface area contributed by atoms with Crippen LogP contribution in [0.25, 0.3) is 0 Å². The molecule has 0 N–H and O–H groups in total. The lowest BCUT2D eigenvalue weighted by Gasteiger charge is -2.30. The molecule has 1 aliphatic carbocycles. The second-order valence-electron chi connectivity index (χ2n) is 4.65. The standard InChI is InChI=1S/C13H25N/c1-4-13(5-2)14(3)11-12-9-7-6-8-10-12/h4,12-13H,1,5-11H2,2-3H3. The fraction of sp³-hybridized carbons (Fsp3) is 0.846. The normalized spacial score (nSPS) is 21.1. The van der Waals surface area contributed by atoms with Gasteiger partial charge in [-0.25, -0.2) is 0 Å². The van der Waals surface area contributed by atoms with E-state index in [-0.39, 0.29) is 0 Å². The number of nitrogens with zero attached hydrogens (tertiary/aromatic N) is 1. The molecule has 0 saturated heterocycles. The van der Waals surface area contributed by atoms with Crippen molar-refractivity contribution in [2.24, 2.45) is 5.92 Å². The Morgan fingerprint density at radius 2 is 2.00 bits per heavy atom. The Kier molecular flexibility index (Phi) is 5.24. The zero-order chi connectivity index (χ0) is 10.4. The van der Waals surface area contributed by atoms with Crippen molar-refractivity contribution in [1.82, 2.24) is 4.90 Å². The van der Waals surface area contributed by atoms with Crippen LogP contribution in [0, 0.1) is 5.92 Å². The van der Waals surface area contributed by atoms with Gasteiger partial charge in [-0.1, -0.05) is 32.3 Å². The molecule has 0 aromatic heterocycles. The molecule has 1 aliphatic rings. The molecule has 1 fully saturated rings. The van der Waals surface area contributed by atoms with Crippen LogP contribution in [0.15, 0.2) is 12.7 Å². The molecule has 0 heterocycles. The van der Waals surface area contributed by atoms with Crippen LogP contribution in [0.1, 0.15) is 45.4 Å². The van der Waals surface area contributed by atoms with Crippen molar-refractivity contribution >= 4 is 0 Å². The van der Waals surface area contributed by atoms with E-state index in [0.29, 0.717) is 6.04 Å². The topological polar surface area (TPSA) is 3.24 Å². The van der Waals surface area contributed by atoms with Gasteiger partial charge in [-0.05, 0) is 32.2 Å². The molecule has 0 bridgehead atoms. The Bertz CT molecular complexity index is 159. The first kappa shape index (κ1) is 11.8. The number of rotatable bonds is 5. The first-order valence-corrected chi connectivity index (χ1v) is 6.10. The molecule has 0 radical (unpaired) electrons. The van der Waals surface area contributed by atoms with Crippen molar-refractivity contribution in [1.29, 1.82) is 0 Å². The summed E-state index contributed by atoms with van der Waals surface area (Å²) in [6.07, 6.45) is 10.5. The molecule has 1 heteroatoms. The van der Waals surface area contributed by atoms with Gasteiger partial charge in [-0.3, -0.25) is 4.90 Å². The van der Waals surface area contributed by atoms with Gasteiger partial charge in [0.25, 0.3) is 0 Å². The molecular weight excluding hydrogens is 170 g/mol. The molecule has 0 aliphatic heterocycles. The Labute approximate surface area is 89.2 Å². The zero-order valence-corrected chi connectivity index (χ0v) is 9.84. The molecule has 0 spiro atoms. The maximum Gasteiger partial charge on any atom is 0.0270 e. The highest BCUT2D eigenvalue weighted by atomic mass is 15.1. The maximum atomic E-state index is 3.90. The van der Waals surface area contributed by atoms with Crippen molar-refractivity contribution in [2.45, 2.75) is 51.5 Å². The predicted molar refractivity (Wildman–Crippen MR) is 63.5 cm³/mol. The molecule has 1 unspecified atom stereocenters. The quantitative estimate of drug-likeness (QED) is 0.607. The van der Waals surface area contributed by atoms with Gasteiger partial charge in [0.15, 0.2) is 0 Å². The monoisotopic (exact) mass is 195 g/mol. The molecule has 1 nitrogen and oxygen atoms in total. The van der Waals surface area contributed by atoms with E-state index in [2.05, 4.69) is 31.5 Å². The van der Waals surface area contributed by atoms with Gasteiger partial charge in [0.1, 0.15) is 0 Å². The smallest absolute Gasteiger partial charge is 0.0270 e. The van der Waals surface area contributed by atoms with Crippen LogP contribution in [-0.4, -0.2) is 24.5 Å². The molecule has 0 aromatic rings. The summed E-state index contributed by atoms with van der Waals surface area (Å²) >= 11 is 0. The first-order valence-electron chi connectivity index (χ1n) is 6.10. The predicted octanol–water partition coefficient (Wildman–Crippen LogP) is 3.46. The van der Waals surface area contributed by atoms with Crippen molar-refractivity contribution in [3.05, 3.63) is 12.7 Å². The largest absolute Gasteiger partial charge is 0.300 e. The molecule has 0 aromatic carbocycles. The third-order valence-corrected chi connectivity index (χ3v) is 3.53. The van der Waals surface area contributed by atoms with E-state index in [1.54, 1.807) is 0 Å². The summed E-state index contributed by atoms with van der Waals surface area (Å²) in [6.45, 7) is 7.41. The summed E-state index contributed by atoms with van der Waals surface area (Å²) in [5, 5.41) is 0. The van der Waals surface area contributed by atoms with Crippen LogP contribution in [-0.2, 0) is 0 Å². The third kappa shape index (κ3) is 3.45. The van der Waals surface area contributed by atoms with Gasteiger partial charge >= 0.3 is 0 Å². The van der Waals surface area contributed by atoms with Crippen molar-refractivity contribution < 1.29 is 0 Å². The van der Waals surface area contributed by atoms with Gasteiger partial charge in [-0.15, -0.1) is 6.58 Å². The van der Waals surface area contributed by atoms with Crippen molar-refractivity contribution in [3.8, 4) is 0 Å². The first-order chi connectivity index (χ1) is 6.77. The fourth-order valence-electron chi connectivity index (χ4n) is 2.57. The van der Waals surface area contributed by atoms with E-state index in [4.69, 9.17) is 0 Å². The van der Waals surface area contributed by atoms with E-state index < -0.39 is 0 Å². The molecule has 1 rings (SSSR count). The Balaban J connectivity index is 2.30. The van der Waals surface area contributed by atoms with Gasteiger partial charge < -0.3 is 0 Å². The summed E-state index contributed by atoms with van der Waals surface area (Å²) in [7, 11) is 2.24. The molecule has 1 saturated carbocycles. The van der Waals surface area contributed by atoms with E-state index >= 15 is 0 Å². The Morgan fingerprint density at radius 3 is 2.50 bits per heavy atom. The van der Waals surface area contributed by atoms with Crippen LogP contribution in [0.3, 0.4) is 0 Å². The van der Waals surface area contributed by atoms with Gasteiger partial charge in [0.2, 0.25) is 0 Å². The van der Waals surface area contributed by atoms with Gasteiger partial charge in [0, 0.05) is 12.6 Å². The zero-order valence-electron chi connectivity index (χ0n) is 9.84. The second-order valence-corrected chi connectivity index (χ2v) is 4.65. The third-order valence-electron chi connectivity index (χ3n) is 3.53. The van der Waals surface area contributed by atoms with Gasteiger partial charge in [-0.2, -0.15) is 0 Å². The van der Waals surface area contributed by atoms with Gasteiger partial charge in [0.05, 0.1) is 0 Å². The number of hydrogen-bond donors (Lipinski definition) is 0. The van der Waals surface area contributed by atoms with Crippen molar-refractivity contribution in [2.75, 3.05) is 13.6 Å². The van der Waals surface area contributed by atoms with E-state index in [1.165, 1.54) is 45.1 Å². The summed E-state index contributed by atoms with van der Waals surface area (Å²) < 4.78 is 0. The fourth-order valence-corrected chi connectivity index (χ4v) is 2.57. The molecule has 0 amide bonds. The average Bonchev–Trinajstić information content (AvgIpc) is 2.21. The van der Waals surface area contributed by atoms with E-state index in [0.717, 1.165) is 5.92 Å². The summed E-state index contributed by atoms with van der Waals surface area (Å²) in [6, 6.07) is 0.580.